The van der Waals surface area contributed by atoms with Gasteiger partial charge in [0.25, 0.3) is 5.91 Å². The second-order valence-electron chi connectivity index (χ2n) is 6.23. The van der Waals surface area contributed by atoms with Crippen LogP contribution >= 0.6 is 24.0 Å². The zero-order valence-electron chi connectivity index (χ0n) is 16.1. The highest BCUT2D eigenvalue weighted by molar-refractivity contribution is 8.27. The third-order valence-corrected chi connectivity index (χ3v) is 5.59. The van der Waals surface area contributed by atoms with E-state index in [1.54, 1.807) is 37.3 Å². The van der Waals surface area contributed by atoms with E-state index in [-0.39, 0.29) is 15.8 Å². The van der Waals surface area contributed by atoms with Crippen molar-refractivity contribution >= 4 is 51.9 Å². The number of carboxylic acids is 1. The van der Waals surface area contributed by atoms with Gasteiger partial charge in [-0.05, 0) is 42.3 Å². The summed E-state index contributed by atoms with van der Waals surface area (Å²) in [6, 6.07) is 10.8. The smallest absolute Gasteiger partial charge is 0.344 e. The number of benzene rings is 2. The molecule has 0 saturated carbocycles. The van der Waals surface area contributed by atoms with Crippen LogP contribution in [-0.4, -0.2) is 34.5 Å². The number of rotatable bonds is 7. The number of carbonyl (C=O) groups excluding carboxylic acids is 1. The van der Waals surface area contributed by atoms with Crippen LogP contribution in [0.5, 0.6) is 11.5 Å². The molecule has 9 heteroatoms. The quantitative estimate of drug-likeness (QED) is 0.495. The van der Waals surface area contributed by atoms with Crippen LogP contribution in [0.15, 0.2) is 47.4 Å². The van der Waals surface area contributed by atoms with Crippen molar-refractivity contribution in [3.63, 3.8) is 0 Å². The molecule has 0 spiro atoms. The molecule has 0 radical (unpaired) electrons. The number of methoxy groups -OCH3 is 1. The van der Waals surface area contributed by atoms with Crippen molar-refractivity contribution in [3.8, 4) is 11.5 Å². The van der Waals surface area contributed by atoms with Crippen LogP contribution < -0.4 is 14.4 Å². The first-order chi connectivity index (χ1) is 14.3. The molecule has 6 nitrogen and oxygen atoms in total. The third-order valence-electron chi connectivity index (χ3n) is 4.29. The minimum Gasteiger partial charge on any atom is -0.493 e. The predicted octanol–water partition coefficient (Wildman–Crippen LogP) is 4.48. The maximum absolute atomic E-state index is 14.1. The minimum absolute atomic E-state index is 0.101. The molecule has 1 atom stereocenters. The Morgan fingerprint density at radius 1 is 1.30 bits per heavy atom. The van der Waals surface area contributed by atoms with Crippen LogP contribution in [0.2, 0.25) is 0 Å². The molecule has 1 fully saturated rings. The van der Waals surface area contributed by atoms with E-state index in [0.29, 0.717) is 22.6 Å². The molecule has 0 bridgehead atoms. The summed E-state index contributed by atoms with van der Waals surface area (Å²) in [5.74, 6) is -1.43. The number of hydrogen-bond acceptors (Lipinski definition) is 6. The van der Waals surface area contributed by atoms with Gasteiger partial charge in [0.15, 0.2) is 21.9 Å². The number of halogens is 1. The first kappa shape index (κ1) is 21.8. The summed E-state index contributed by atoms with van der Waals surface area (Å²) >= 11 is 6.34. The SMILES string of the molecule is CCC(Oc1ccc(/C=C2/SC(=S)N(c3ccccc3F)C2=O)cc1OC)C(=O)O. The minimum atomic E-state index is -1.07. The average molecular weight is 448 g/mol. The van der Waals surface area contributed by atoms with Crippen molar-refractivity contribution in [2.45, 2.75) is 19.4 Å². The van der Waals surface area contributed by atoms with Crippen LogP contribution in [-0.2, 0) is 9.59 Å². The van der Waals surface area contributed by atoms with E-state index < -0.39 is 23.8 Å². The van der Waals surface area contributed by atoms with Crippen molar-refractivity contribution in [1.29, 1.82) is 0 Å². The average Bonchev–Trinajstić information content (AvgIpc) is 3.00. The van der Waals surface area contributed by atoms with Gasteiger partial charge in [-0.3, -0.25) is 9.69 Å². The lowest BCUT2D eigenvalue weighted by atomic mass is 10.1. The van der Waals surface area contributed by atoms with Crippen molar-refractivity contribution in [2.24, 2.45) is 0 Å². The highest BCUT2D eigenvalue weighted by Gasteiger charge is 2.34. The molecule has 2 aromatic carbocycles. The Labute approximate surface area is 182 Å². The van der Waals surface area contributed by atoms with Crippen molar-refractivity contribution in [3.05, 3.63) is 58.8 Å². The molecule has 1 unspecified atom stereocenters. The second kappa shape index (κ2) is 9.27. The van der Waals surface area contributed by atoms with Gasteiger partial charge in [-0.1, -0.05) is 49.1 Å². The fraction of sp³-hybridized carbons (Fsp3) is 0.190. The van der Waals surface area contributed by atoms with Gasteiger partial charge < -0.3 is 14.6 Å². The maximum atomic E-state index is 14.1. The van der Waals surface area contributed by atoms with Gasteiger partial charge >= 0.3 is 5.97 Å². The molecule has 30 heavy (non-hydrogen) atoms. The molecule has 2 aromatic rings. The lowest BCUT2D eigenvalue weighted by molar-refractivity contribution is -0.145. The summed E-state index contributed by atoms with van der Waals surface area (Å²) in [6.45, 7) is 1.71. The molecule has 1 aliphatic rings. The van der Waals surface area contributed by atoms with Crippen LogP contribution in [0.3, 0.4) is 0 Å². The van der Waals surface area contributed by atoms with Gasteiger partial charge in [-0.2, -0.15) is 0 Å². The lowest BCUT2D eigenvalue weighted by Gasteiger charge is -2.16. The number of anilines is 1. The summed E-state index contributed by atoms with van der Waals surface area (Å²) in [5.41, 5.74) is 0.723. The first-order valence-electron chi connectivity index (χ1n) is 8.95. The number of thiocarbonyl (C=S) groups is 1. The van der Waals surface area contributed by atoms with E-state index >= 15 is 0 Å². The Morgan fingerprint density at radius 3 is 2.67 bits per heavy atom. The molecule has 0 aromatic heterocycles. The van der Waals surface area contributed by atoms with E-state index in [0.717, 1.165) is 16.7 Å². The summed E-state index contributed by atoms with van der Waals surface area (Å²) in [7, 11) is 1.44. The largest absolute Gasteiger partial charge is 0.493 e. The molecule has 156 valence electrons. The monoisotopic (exact) mass is 447 g/mol. The number of aliphatic carboxylic acids is 1. The van der Waals surface area contributed by atoms with Crippen molar-refractivity contribution in [1.82, 2.24) is 0 Å². The standard InChI is InChI=1S/C21H18FNO5S2/c1-3-15(20(25)26)28-16-9-8-12(10-17(16)27-2)11-18-19(24)23(21(29)30-18)14-7-5-4-6-13(14)22/h4-11,15H,3H2,1-2H3,(H,25,26)/b18-11+. The van der Waals surface area contributed by atoms with E-state index in [2.05, 4.69) is 0 Å². The number of nitrogens with zero attached hydrogens (tertiary/aromatic N) is 1. The number of para-hydroxylation sites is 1. The van der Waals surface area contributed by atoms with Crippen molar-refractivity contribution in [2.75, 3.05) is 12.0 Å². The molecule has 3 rings (SSSR count). The fourth-order valence-corrected chi connectivity index (χ4v) is 4.08. The van der Waals surface area contributed by atoms with Crippen LogP contribution in [0.1, 0.15) is 18.9 Å². The normalized spacial score (nSPS) is 16.1. The van der Waals surface area contributed by atoms with Gasteiger partial charge in [-0.25, -0.2) is 9.18 Å². The number of amides is 1. The first-order valence-corrected chi connectivity index (χ1v) is 10.2. The maximum Gasteiger partial charge on any atom is 0.344 e. The molecular weight excluding hydrogens is 429 g/mol. The predicted molar refractivity (Wildman–Crippen MR) is 117 cm³/mol. The topological polar surface area (TPSA) is 76.1 Å². The van der Waals surface area contributed by atoms with Crippen LogP contribution in [0.25, 0.3) is 6.08 Å². The Morgan fingerprint density at radius 2 is 2.03 bits per heavy atom. The molecular formula is C21H18FNO5S2. The lowest BCUT2D eigenvalue weighted by Crippen LogP contribution is -2.28. The second-order valence-corrected chi connectivity index (χ2v) is 7.91. The molecule has 1 saturated heterocycles. The summed E-state index contributed by atoms with van der Waals surface area (Å²) in [4.78, 5) is 25.5. The van der Waals surface area contributed by atoms with E-state index in [9.17, 15) is 19.1 Å². The fourth-order valence-electron chi connectivity index (χ4n) is 2.79. The van der Waals surface area contributed by atoms with E-state index in [4.69, 9.17) is 21.7 Å². The molecule has 1 amide bonds. The number of hydrogen-bond donors (Lipinski definition) is 1. The van der Waals surface area contributed by atoms with Gasteiger partial charge in [0.1, 0.15) is 5.82 Å². The zero-order valence-corrected chi connectivity index (χ0v) is 17.8. The van der Waals surface area contributed by atoms with Crippen LogP contribution in [0, 0.1) is 5.82 Å². The Bertz CT molecular complexity index is 1040. The Balaban J connectivity index is 1.88. The number of carboxylic acid groups (broad SMARTS) is 1. The number of thioether (sulfide) groups is 1. The number of carbonyl (C=O) groups is 2. The molecule has 1 N–H and O–H groups in total. The van der Waals surface area contributed by atoms with Crippen molar-refractivity contribution < 1.29 is 28.6 Å². The molecule has 1 heterocycles. The van der Waals surface area contributed by atoms with Gasteiger partial charge in [0.2, 0.25) is 0 Å². The Kier molecular flexibility index (Phi) is 6.73. The molecule has 1 aliphatic heterocycles. The number of ether oxygens (including phenoxy) is 2. The van der Waals surface area contributed by atoms with Crippen LogP contribution in [0.4, 0.5) is 10.1 Å². The van der Waals surface area contributed by atoms with E-state index in [1.807, 2.05) is 0 Å². The summed E-state index contributed by atoms with van der Waals surface area (Å²) in [6.07, 6.45) is 0.904. The highest BCUT2D eigenvalue weighted by atomic mass is 32.2. The highest BCUT2D eigenvalue weighted by Crippen LogP contribution is 2.38. The molecule has 0 aliphatic carbocycles. The van der Waals surface area contributed by atoms with Gasteiger partial charge in [0, 0.05) is 0 Å². The van der Waals surface area contributed by atoms with Gasteiger partial charge in [-0.15, -0.1) is 0 Å². The summed E-state index contributed by atoms with van der Waals surface area (Å²) < 4.78 is 25.2. The zero-order chi connectivity index (χ0) is 21.8. The Hall–Kier alpha value is -2.91. The summed E-state index contributed by atoms with van der Waals surface area (Å²) in [5, 5.41) is 9.18. The third kappa shape index (κ3) is 4.47. The van der Waals surface area contributed by atoms with E-state index in [1.165, 1.54) is 25.3 Å². The van der Waals surface area contributed by atoms with Gasteiger partial charge in [0.05, 0.1) is 17.7 Å².